The van der Waals surface area contributed by atoms with Crippen LogP contribution in [0, 0.1) is 0 Å². The van der Waals surface area contributed by atoms with Crippen LogP contribution in [0.1, 0.15) is 30.1 Å². The predicted molar refractivity (Wildman–Crippen MR) is 79.3 cm³/mol. The summed E-state index contributed by atoms with van der Waals surface area (Å²) >= 11 is 5.96. The lowest BCUT2D eigenvalue weighted by Gasteiger charge is -2.20. The summed E-state index contributed by atoms with van der Waals surface area (Å²) in [5, 5.41) is 0.441. The number of hydrogen-bond acceptors (Lipinski definition) is 3. The van der Waals surface area contributed by atoms with Gasteiger partial charge in [-0.25, -0.2) is 4.79 Å². The molecule has 106 valence electrons. The van der Waals surface area contributed by atoms with Crippen LogP contribution in [0.15, 0.2) is 24.3 Å². The maximum atomic E-state index is 11.9. The van der Waals surface area contributed by atoms with E-state index in [1.165, 1.54) is 12.8 Å². The molecule has 1 aliphatic rings. The largest absolute Gasteiger partial charge is 0.458 e. The summed E-state index contributed by atoms with van der Waals surface area (Å²) in [6.07, 6.45) is 2.38. The molecule has 1 aliphatic heterocycles. The number of likely N-dealkylation sites (tertiary alicyclic amines) is 1. The molecule has 1 aromatic carbocycles. The molecule has 1 unspecified atom stereocenters. The molecule has 19 heavy (non-hydrogen) atoms. The summed E-state index contributed by atoms with van der Waals surface area (Å²) in [6, 6.07) is 6.97. The highest BCUT2D eigenvalue weighted by atomic mass is 35.5. The number of carbonyl (C=O) groups excluding carboxylic acids is 1. The van der Waals surface area contributed by atoms with Crippen LogP contribution in [0.3, 0.4) is 0 Å². The Morgan fingerprint density at radius 2 is 2.00 bits per heavy atom. The van der Waals surface area contributed by atoms with Gasteiger partial charge in [0.15, 0.2) is 0 Å². The molecule has 0 spiro atoms. The average Bonchev–Trinajstić information content (AvgIpc) is 2.82. The van der Waals surface area contributed by atoms with Gasteiger partial charge in [0, 0.05) is 6.54 Å². The zero-order valence-corrected chi connectivity index (χ0v) is 12.5. The molecule has 1 fully saturated rings. The molecule has 3 nitrogen and oxygen atoms in total. The minimum absolute atomic E-state index is 0. The van der Waals surface area contributed by atoms with Crippen LogP contribution < -0.4 is 0 Å². The van der Waals surface area contributed by atoms with Gasteiger partial charge in [0.1, 0.15) is 6.10 Å². The van der Waals surface area contributed by atoms with Crippen molar-refractivity contribution in [1.82, 2.24) is 4.90 Å². The quantitative estimate of drug-likeness (QED) is 0.798. The van der Waals surface area contributed by atoms with Gasteiger partial charge >= 0.3 is 5.97 Å². The molecule has 0 amide bonds. The minimum Gasteiger partial charge on any atom is -0.458 e. The molecule has 1 atom stereocenters. The number of carbonyl (C=O) groups is 1. The molecule has 1 heterocycles. The van der Waals surface area contributed by atoms with Crippen molar-refractivity contribution < 1.29 is 9.53 Å². The minimum atomic E-state index is -0.340. The molecule has 1 saturated heterocycles. The van der Waals surface area contributed by atoms with Crippen LogP contribution in [0.4, 0.5) is 0 Å². The number of rotatable bonds is 4. The number of halogens is 2. The number of esters is 1. The van der Waals surface area contributed by atoms with E-state index in [0.29, 0.717) is 10.6 Å². The lowest BCUT2D eigenvalue weighted by Crippen LogP contribution is -2.31. The molecule has 0 aromatic heterocycles. The first kappa shape index (κ1) is 16.3. The first-order chi connectivity index (χ1) is 8.66. The Labute approximate surface area is 125 Å². The summed E-state index contributed by atoms with van der Waals surface area (Å²) in [7, 11) is 0. The maximum absolute atomic E-state index is 11.9. The van der Waals surface area contributed by atoms with Crippen molar-refractivity contribution in [3.8, 4) is 0 Å². The third-order valence-corrected chi connectivity index (χ3v) is 3.45. The van der Waals surface area contributed by atoms with Crippen molar-refractivity contribution in [3.05, 3.63) is 34.9 Å². The summed E-state index contributed by atoms with van der Waals surface area (Å²) in [5.74, 6) is -0.340. The van der Waals surface area contributed by atoms with Gasteiger partial charge in [-0.05, 0) is 45.0 Å². The van der Waals surface area contributed by atoms with Gasteiger partial charge < -0.3 is 4.74 Å². The normalized spacial score (nSPS) is 16.7. The number of nitrogens with zero attached hydrogens (tertiary/aromatic N) is 1. The number of benzene rings is 1. The van der Waals surface area contributed by atoms with Crippen LogP contribution in [-0.4, -0.2) is 36.6 Å². The highest BCUT2D eigenvalue weighted by Gasteiger charge is 2.19. The standard InChI is InChI=1S/C14H18ClNO2.ClH/c1-11(10-16-8-4-5-9-16)18-14(17)12-6-2-3-7-13(12)15;/h2-3,6-7,11H,4-5,8-10H2,1H3;1H. The van der Waals surface area contributed by atoms with Gasteiger partial charge in [0.25, 0.3) is 0 Å². The fourth-order valence-electron chi connectivity index (χ4n) is 2.24. The molecular formula is C14H19Cl2NO2. The zero-order valence-electron chi connectivity index (χ0n) is 11.0. The predicted octanol–water partition coefficient (Wildman–Crippen LogP) is 3.40. The maximum Gasteiger partial charge on any atom is 0.339 e. The molecule has 1 aromatic rings. The van der Waals surface area contributed by atoms with Gasteiger partial charge in [-0.1, -0.05) is 23.7 Å². The van der Waals surface area contributed by atoms with Crippen LogP contribution in [0.2, 0.25) is 5.02 Å². The van der Waals surface area contributed by atoms with Crippen LogP contribution in [-0.2, 0) is 4.74 Å². The second-order valence-electron chi connectivity index (χ2n) is 4.70. The van der Waals surface area contributed by atoms with Gasteiger partial charge in [-0.15, -0.1) is 12.4 Å². The zero-order chi connectivity index (χ0) is 13.0. The fourth-order valence-corrected chi connectivity index (χ4v) is 2.45. The Morgan fingerprint density at radius 1 is 1.37 bits per heavy atom. The van der Waals surface area contributed by atoms with Crippen molar-refractivity contribution in [2.75, 3.05) is 19.6 Å². The van der Waals surface area contributed by atoms with E-state index < -0.39 is 0 Å². The van der Waals surface area contributed by atoms with Crippen LogP contribution >= 0.6 is 24.0 Å². The van der Waals surface area contributed by atoms with Crippen molar-refractivity contribution in [1.29, 1.82) is 0 Å². The van der Waals surface area contributed by atoms with E-state index >= 15 is 0 Å². The number of ether oxygens (including phenoxy) is 1. The van der Waals surface area contributed by atoms with Gasteiger partial charge in [0.2, 0.25) is 0 Å². The third kappa shape index (κ3) is 4.68. The monoisotopic (exact) mass is 303 g/mol. The van der Waals surface area contributed by atoms with Crippen molar-refractivity contribution in [2.24, 2.45) is 0 Å². The fraction of sp³-hybridized carbons (Fsp3) is 0.500. The van der Waals surface area contributed by atoms with E-state index in [9.17, 15) is 4.79 Å². The smallest absolute Gasteiger partial charge is 0.339 e. The van der Waals surface area contributed by atoms with Crippen LogP contribution in [0.5, 0.6) is 0 Å². The summed E-state index contributed by atoms with van der Waals surface area (Å²) in [5.41, 5.74) is 0.437. The van der Waals surface area contributed by atoms with Gasteiger partial charge in [-0.3, -0.25) is 4.90 Å². The summed E-state index contributed by atoms with van der Waals surface area (Å²) < 4.78 is 5.41. The van der Waals surface area contributed by atoms with E-state index in [4.69, 9.17) is 16.3 Å². The second kappa shape index (κ2) is 7.73. The molecule has 5 heteroatoms. The van der Waals surface area contributed by atoms with E-state index in [-0.39, 0.29) is 24.5 Å². The first-order valence-corrected chi connectivity index (χ1v) is 6.72. The Hall–Kier alpha value is -0.770. The van der Waals surface area contributed by atoms with Crippen molar-refractivity contribution >= 4 is 30.0 Å². The average molecular weight is 304 g/mol. The molecule has 0 bridgehead atoms. The highest BCUT2D eigenvalue weighted by Crippen LogP contribution is 2.17. The van der Waals surface area contributed by atoms with Crippen molar-refractivity contribution in [3.63, 3.8) is 0 Å². The first-order valence-electron chi connectivity index (χ1n) is 6.34. The molecule has 0 aliphatic carbocycles. The third-order valence-electron chi connectivity index (χ3n) is 3.12. The summed E-state index contributed by atoms with van der Waals surface area (Å²) in [4.78, 5) is 14.2. The lowest BCUT2D eigenvalue weighted by molar-refractivity contribution is 0.0271. The van der Waals surface area contributed by atoms with Gasteiger partial charge in [0.05, 0.1) is 10.6 Å². The lowest BCUT2D eigenvalue weighted by atomic mass is 10.2. The molecule has 0 saturated carbocycles. The van der Waals surface area contributed by atoms with Crippen molar-refractivity contribution in [2.45, 2.75) is 25.9 Å². The van der Waals surface area contributed by atoms with Gasteiger partial charge in [-0.2, -0.15) is 0 Å². The topological polar surface area (TPSA) is 29.5 Å². The SMILES string of the molecule is CC(CN1CCCC1)OC(=O)c1ccccc1Cl.Cl. The van der Waals surface area contributed by atoms with E-state index in [0.717, 1.165) is 19.6 Å². The molecule has 2 rings (SSSR count). The van der Waals surface area contributed by atoms with Crippen LogP contribution in [0.25, 0.3) is 0 Å². The second-order valence-corrected chi connectivity index (χ2v) is 5.11. The molecular weight excluding hydrogens is 285 g/mol. The highest BCUT2D eigenvalue weighted by molar-refractivity contribution is 6.33. The van der Waals surface area contributed by atoms with E-state index in [1.54, 1.807) is 24.3 Å². The Morgan fingerprint density at radius 3 is 2.63 bits per heavy atom. The van der Waals surface area contributed by atoms with E-state index in [2.05, 4.69) is 4.90 Å². The Balaban J connectivity index is 0.00000180. The summed E-state index contributed by atoms with van der Waals surface area (Å²) in [6.45, 7) is 4.94. The Kier molecular flexibility index (Phi) is 6.63. The molecule has 0 radical (unpaired) electrons. The molecule has 0 N–H and O–H groups in total. The Bertz CT molecular complexity index is 420. The number of hydrogen-bond donors (Lipinski definition) is 0. The van der Waals surface area contributed by atoms with E-state index in [1.807, 2.05) is 6.92 Å².